The van der Waals surface area contributed by atoms with Gasteiger partial charge in [-0.3, -0.25) is 4.79 Å². The molecule has 1 N–H and O–H groups in total. The van der Waals surface area contributed by atoms with Crippen LogP contribution in [-0.2, 0) is 6.61 Å². The molecule has 31 heavy (non-hydrogen) atoms. The van der Waals surface area contributed by atoms with Crippen LogP contribution in [-0.4, -0.2) is 12.1 Å². The Morgan fingerprint density at radius 3 is 2.16 bits per heavy atom. The van der Waals surface area contributed by atoms with Crippen molar-refractivity contribution in [3.63, 3.8) is 0 Å². The number of halogens is 6. The van der Waals surface area contributed by atoms with Gasteiger partial charge in [0.2, 0.25) is 0 Å². The summed E-state index contributed by atoms with van der Waals surface area (Å²) in [5.74, 6) is 0.149. The lowest BCUT2D eigenvalue weighted by atomic mass is 10.2. The maximum absolute atomic E-state index is 12.2. The van der Waals surface area contributed by atoms with Crippen molar-refractivity contribution in [2.75, 3.05) is 0 Å². The van der Waals surface area contributed by atoms with E-state index in [0.717, 1.165) is 11.1 Å². The van der Waals surface area contributed by atoms with Crippen molar-refractivity contribution in [2.45, 2.75) is 6.61 Å². The van der Waals surface area contributed by atoms with E-state index in [1.54, 1.807) is 30.3 Å². The molecule has 0 aliphatic carbocycles. The predicted octanol–water partition coefficient (Wildman–Crippen LogP) is 8.17. The second kappa shape index (κ2) is 11.0. The normalized spacial score (nSPS) is 11.0. The Kier molecular flexibility index (Phi) is 8.67. The highest BCUT2D eigenvalue weighted by Crippen LogP contribution is 2.35. The van der Waals surface area contributed by atoms with Gasteiger partial charge in [0, 0.05) is 20.6 Å². The number of hydrazone groups is 1. The summed E-state index contributed by atoms with van der Waals surface area (Å²) in [5.41, 5.74) is 4.23. The molecule has 0 saturated carbocycles. The highest BCUT2D eigenvalue weighted by molar-refractivity contribution is 9.11. The third-order valence-electron chi connectivity index (χ3n) is 3.96. The highest BCUT2D eigenvalue weighted by atomic mass is 79.9. The first-order valence-corrected chi connectivity index (χ1v) is 11.7. The highest BCUT2D eigenvalue weighted by Gasteiger charge is 2.12. The molecule has 10 heteroatoms. The molecule has 1 amide bonds. The van der Waals surface area contributed by atoms with Gasteiger partial charge in [0.25, 0.3) is 5.91 Å². The lowest BCUT2D eigenvalue weighted by molar-refractivity contribution is 0.0955. The Hall–Kier alpha value is -1.28. The molecule has 3 rings (SSSR count). The van der Waals surface area contributed by atoms with Gasteiger partial charge in [-0.2, -0.15) is 5.10 Å². The van der Waals surface area contributed by atoms with Crippen molar-refractivity contribution in [3.05, 3.63) is 94.3 Å². The molecular formula is C21H12Br2Cl4N2O2. The van der Waals surface area contributed by atoms with Crippen LogP contribution in [0.5, 0.6) is 5.75 Å². The molecular weight excluding hydrogens is 614 g/mol. The van der Waals surface area contributed by atoms with Crippen LogP contribution in [0.4, 0.5) is 0 Å². The van der Waals surface area contributed by atoms with Gasteiger partial charge in [0.15, 0.2) is 0 Å². The summed E-state index contributed by atoms with van der Waals surface area (Å²) >= 11 is 31.0. The molecule has 0 unspecified atom stereocenters. The van der Waals surface area contributed by atoms with E-state index in [-0.39, 0.29) is 17.2 Å². The number of amides is 1. The summed E-state index contributed by atoms with van der Waals surface area (Å²) < 4.78 is 7.28. The quantitative estimate of drug-likeness (QED) is 0.222. The van der Waals surface area contributed by atoms with E-state index in [1.165, 1.54) is 18.3 Å². The Balaban J connectivity index is 1.67. The maximum Gasteiger partial charge on any atom is 0.272 e. The Morgan fingerprint density at radius 1 is 0.935 bits per heavy atom. The third kappa shape index (κ3) is 6.60. The number of carbonyl (C=O) groups is 1. The zero-order valence-electron chi connectivity index (χ0n) is 15.4. The average molecular weight is 626 g/mol. The maximum atomic E-state index is 12.2. The Bertz CT molecular complexity index is 1150. The van der Waals surface area contributed by atoms with Crippen LogP contribution in [0.25, 0.3) is 0 Å². The molecule has 3 aromatic carbocycles. The summed E-state index contributed by atoms with van der Waals surface area (Å²) in [6.45, 7) is 0.262. The topological polar surface area (TPSA) is 50.7 Å². The second-order valence-electron chi connectivity index (χ2n) is 6.16. The molecule has 3 aromatic rings. The Morgan fingerprint density at radius 2 is 1.55 bits per heavy atom. The van der Waals surface area contributed by atoms with Crippen LogP contribution < -0.4 is 10.2 Å². The number of ether oxygens (including phenoxy) is 1. The molecule has 0 heterocycles. The summed E-state index contributed by atoms with van der Waals surface area (Å²) in [6.07, 6.45) is 1.50. The molecule has 4 nitrogen and oxygen atoms in total. The van der Waals surface area contributed by atoms with Crippen LogP contribution in [0.2, 0.25) is 20.1 Å². The van der Waals surface area contributed by atoms with Crippen molar-refractivity contribution in [3.8, 4) is 5.75 Å². The molecule has 0 aliphatic heterocycles. The zero-order chi connectivity index (χ0) is 22.5. The number of benzene rings is 3. The van der Waals surface area contributed by atoms with Gasteiger partial charge < -0.3 is 4.74 Å². The van der Waals surface area contributed by atoms with Gasteiger partial charge in [-0.25, -0.2) is 5.43 Å². The summed E-state index contributed by atoms with van der Waals surface area (Å²) in [5, 5.41) is 5.75. The monoisotopic (exact) mass is 622 g/mol. The molecule has 0 aliphatic rings. The first kappa shape index (κ1) is 24.4. The third-order valence-corrected chi connectivity index (χ3v) is 6.28. The largest absolute Gasteiger partial charge is 0.486 e. The van der Waals surface area contributed by atoms with E-state index in [9.17, 15) is 4.79 Å². The molecule has 0 atom stereocenters. The molecule has 0 spiro atoms. The smallest absolute Gasteiger partial charge is 0.272 e. The first-order chi connectivity index (χ1) is 14.7. The number of nitrogens with zero attached hydrogens (tertiary/aromatic N) is 1. The number of rotatable bonds is 6. The van der Waals surface area contributed by atoms with Crippen molar-refractivity contribution < 1.29 is 9.53 Å². The minimum atomic E-state index is -0.448. The van der Waals surface area contributed by atoms with Gasteiger partial charge in [-0.05, 0) is 79.9 Å². The van der Waals surface area contributed by atoms with Gasteiger partial charge >= 0.3 is 0 Å². The van der Waals surface area contributed by atoms with E-state index in [4.69, 9.17) is 51.1 Å². The van der Waals surface area contributed by atoms with E-state index in [0.29, 0.717) is 29.8 Å². The van der Waals surface area contributed by atoms with E-state index >= 15 is 0 Å². The lowest BCUT2D eigenvalue weighted by Crippen LogP contribution is -2.18. The van der Waals surface area contributed by atoms with Crippen LogP contribution in [0, 0.1) is 0 Å². The zero-order valence-corrected chi connectivity index (χ0v) is 21.6. The van der Waals surface area contributed by atoms with Crippen LogP contribution >= 0.6 is 78.3 Å². The van der Waals surface area contributed by atoms with Crippen molar-refractivity contribution in [1.82, 2.24) is 5.43 Å². The summed E-state index contributed by atoms with van der Waals surface area (Å²) in [7, 11) is 0. The SMILES string of the molecule is O=C(N/N=C/c1cc(Br)c(OCc2ccc(Cl)cc2Cl)c(Br)c1)c1ccc(Cl)cc1Cl. The Labute approximate surface area is 215 Å². The predicted molar refractivity (Wildman–Crippen MR) is 134 cm³/mol. The van der Waals surface area contributed by atoms with Crippen LogP contribution in [0.15, 0.2) is 62.6 Å². The van der Waals surface area contributed by atoms with Gasteiger partial charge in [0.05, 0.1) is 25.7 Å². The van der Waals surface area contributed by atoms with Crippen molar-refractivity contribution >= 4 is 90.4 Å². The number of carbonyl (C=O) groups excluding carboxylic acids is 1. The fourth-order valence-electron chi connectivity index (χ4n) is 2.48. The molecule has 0 aromatic heterocycles. The number of hydrogen-bond donors (Lipinski definition) is 1. The molecule has 0 saturated heterocycles. The summed E-state index contributed by atoms with van der Waals surface area (Å²) in [4.78, 5) is 12.2. The molecule has 0 radical (unpaired) electrons. The fourth-order valence-corrected chi connectivity index (χ4v) is 4.89. The van der Waals surface area contributed by atoms with E-state index < -0.39 is 5.91 Å². The number of nitrogens with one attached hydrogen (secondary N) is 1. The fraction of sp³-hybridized carbons (Fsp3) is 0.0476. The van der Waals surface area contributed by atoms with Crippen molar-refractivity contribution in [1.29, 1.82) is 0 Å². The lowest BCUT2D eigenvalue weighted by Gasteiger charge is -2.12. The minimum absolute atomic E-state index is 0.244. The van der Waals surface area contributed by atoms with E-state index in [1.807, 2.05) is 6.07 Å². The standard InChI is InChI=1S/C21H12Br2Cl4N2O2/c22-16-5-11(9-28-29-21(30)15-4-3-14(25)8-19(15)27)6-17(23)20(16)31-10-12-1-2-13(24)7-18(12)26/h1-9H,10H2,(H,29,30)/b28-9+. The number of hydrogen-bond acceptors (Lipinski definition) is 3. The average Bonchev–Trinajstić information content (AvgIpc) is 2.68. The van der Waals surface area contributed by atoms with E-state index in [2.05, 4.69) is 42.4 Å². The van der Waals surface area contributed by atoms with Crippen LogP contribution in [0.3, 0.4) is 0 Å². The van der Waals surface area contributed by atoms with Crippen LogP contribution in [0.1, 0.15) is 21.5 Å². The molecule has 0 fully saturated rings. The van der Waals surface area contributed by atoms with Gasteiger partial charge in [-0.15, -0.1) is 0 Å². The molecule has 0 bridgehead atoms. The summed E-state index contributed by atoms with van der Waals surface area (Å²) in [6, 6.07) is 13.4. The van der Waals surface area contributed by atoms with Gasteiger partial charge in [0.1, 0.15) is 12.4 Å². The molecule has 160 valence electrons. The van der Waals surface area contributed by atoms with Crippen molar-refractivity contribution in [2.24, 2.45) is 5.10 Å². The first-order valence-electron chi connectivity index (χ1n) is 8.59. The second-order valence-corrected chi connectivity index (χ2v) is 9.56. The minimum Gasteiger partial charge on any atom is -0.486 e. The van der Waals surface area contributed by atoms with Gasteiger partial charge in [-0.1, -0.05) is 52.5 Å².